The molecule has 1 aromatic heterocycles. The van der Waals surface area contributed by atoms with Gasteiger partial charge in [-0.25, -0.2) is 17.8 Å². The van der Waals surface area contributed by atoms with Gasteiger partial charge in [0.15, 0.2) is 0 Å². The number of nitrogens with zero attached hydrogens (tertiary/aromatic N) is 2. The van der Waals surface area contributed by atoms with Gasteiger partial charge in [0.25, 0.3) is 15.9 Å². The largest absolute Gasteiger partial charge is 0.321 e. The Labute approximate surface area is 147 Å². The van der Waals surface area contributed by atoms with Crippen LogP contribution in [0.4, 0.5) is 4.39 Å². The highest BCUT2D eigenvalue weighted by Gasteiger charge is 2.17. The second-order valence-electron chi connectivity index (χ2n) is 5.09. The van der Waals surface area contributed by atoms with E-state index in [4.69, 9.17) is 11.6 Å². The van der Waals surface area contributed by atoms with Gasteiger partial charge in [-0.2, -0.15) is 0 Å². The third kappa shape index (κ3) is 3.78. The molecule has 7 nitrogen and oxygen atoms in total. The van der Waals surface area contributed by atoms with Crippen LogP contribution in [0.3, 0.4) is 0 Å². The Bertz CT molecular complexity index is 1050. The van der Waals surface area contributed by atoms with Crippen LogP contribution in [0.5, 0.6) is 0 Å². The molecule has 0 spiro atoms. The number of benzene rings is 2. The van der Waals surface area contributed by atoms with Gasteiger partial charge in [0.2, 0.25) is 0 Å². The molecular weight excluding hydrogens is 371 g/mol. The molecule has 10 heteroatoms. The summed E-state index contributed by atoms with van der Waals surface area (Å²) < 4.78 is 38.9. The number of imidazole rings is 1. The summed E-state index contributed by atoms with van der Waals surface area (Å²) in [4.78, 5) is 17.8. The Hall–Kier alpha value is -2.49. The zero-order valence-corrected chi connectivity index (χ0v) is 14.2. The fraction of sp³-hybridized carbons (Fsp3) is 0.0667. The summed E-state index contributed by atoms with van der Waals surface area (Å²) in [5.41, 5.74) is 3.56. The summed E-state index contributed by atoms with van der Waals surface area (Å²) in [6, 6.07) is 10.1. The summed E-state index contributed by atoms with van der Waals surface area (Å²) >= 11 is 5.57. The van der Waals surface area contributed by atoms with Crippen LogP contribution in [0.1, 0.15) is 0 Å². The third-order valence-electron chi connectivity index (χ3n) is 3.37. The topological polar surface area (TPSA) is 93.1 Å². The van der Waals surface area contributed by atoms with E-state index in [1.165, 1.54) is 6.33 Å². The van der Waals surface area contributed by atoms with E-state index >= 15 is 0 Å². The standard InChI is InChI=1S/C15H12ClFN4O3S/c16-11-7-10(5-6-12(11)17)25(23,24)20-19-15(22)8-21-9-18-13-3-1-2-4-14(13)21/h1-7,9,20H,8H2,(H,19,22). The molecule has 0 unspecified atom stereocenters. The van der Waals surface area contributed by atoms with E-state index in [-0.39, 0.29) is 16.5 Å². The van der Waals surface area contributed by atoms with Crippen molar-refractivity contribution >= 4 is 38.6 Å². The van der Waals surface area contributed by atoms with E-state index in [0.29, 0.717) is 0 Å². The van der Waals surface area contributed by atoms with Gasteiger partial charge < -0.3 is 4.57 Å². The first-order chi connectivity index (χ1) is 11.9. The number of aromatic nitrogens is 2. The zero-order chi connectivity index (χ0) is 18.0. The minimum absolute atomic E-state index is 0.132. The van der Waals surface area contributed by atoms with Crippen LogP contribution in [0.2, 0.25) is 5.02 Å². The Balaban J connectivity index is 1.68. The minimum atomic E-state index is -4.07. The monoisotopic (exact) mass is 382 g/mol. The predicted octanol–water partition coefficient (Wildman–Crippen LogP) is 1.84. The number of amides is 1. The molecule has 25 heavy (non-hydrogen) atoms. The molecule has 130 valence electrons. The quantitative estimate of drug-likeness (QED) is 0.658. The first kappa shape index (κ1) is 17.3. The minimum Gasteiger partial charge on any atom is -0.321 e. The first-order valence-corrected chi connectivity index (χ1v) is 8.88. The maximum atomic E-state index is 13.1. The Morgan fingerprint density at radius 2 is 2.00 bits per heavy atom. The van der Waals surface area contributed by atoms with Crippen molar-refractivity contribution in [3.8, 4) is 0 Å². The van der Waals surface area contributed by atoms with Gasteiger partial charge in [-0.05, 0) is 30.3 Å². The van der Waals surface area contributed by atoms with Crippen molar-refractivity contribution in [1.82, 2.24) is 19.8 Å². The van der Waals surface area contributed by atoms with Gasteiger partial charge in [0.1, 0.15) is 12.4 Å². The summed E-state index contributed by atoms with van der Waals surface area (Å²) in [6.07, 6.45) is 1.48. The summed E-state index contributed by atoms with van der Waals surface area (Å²) in [7, 11) is -4.07. The van der Waals surface area contributed by atoms with Gasteiger partial charge in [-0.15, -0.1) is 4.83 Å². The van der Waals surface area contributed by atoms with Gasteiger partial charge in [0.05, 0.1) is 27.3 Å². The average molecular weight is 383 g/mol. The van der Waals surface area contributed by atoms with Crippen LogP contribution in [0.15, 0.2) is 53.7 Å². The highest BCUT2D eigenvalue weighted by atomic mass is 35.5. The molecule has 1 heterocycles. The first-order valence-electron chi connectivity index (χ1n) is 7.02. The fourth-order valence-corrected chi connectivity index (χ4v) is 3.29. The molecular formula is C15H12ClFN4O3S. The number of nitrogens with one attached hydrogen (secondary N) is 2. The van der Waals surface area contributed by atoms with Crippen LogP contribution < -0.4 is 10.3 Å². The number of hydrogen-bond donors (Lipinski definition) is 2. The molecule has 2 aromatic carbocycles. The molecule has 0 saturated carbocycles. The van der Waals surface area contributed by atoms with E-state index in [1.807, 2.05) is 10.9 Å². The number of rotatable bonds is 5. The lowest BCUT2D eigenvalue weighted by Crippen LogP contribution is -2.43. The molecule has 0 aliphatic heterocycles. The van der Waals surface area contributed by atoms with E-state index in [2.05, 4.69) is 10.4 Å². The van der Waals surface area contributed by atoms with Crippen LogP contribution >= 0.6 is 11.6 Å². The maximum Gasteiger partial charge on any atom is 0.257 e. The summed E-state index contributed by atoms with van der Waals surface area (Å²) in [5, 5.41) is -0.334. The highest BCUT2D eigenvalue weighted by molar-refractivity contribution is 7.89. The Kier molecular flexibility index (Phi) is 4.71. The number of para-hydroxylation sites is 2. The van der Waals surface area contributed by atoms with E-state index < -0.39 is 21.7 Å². The molecule has 0 atom stereocenters. The van der Waals surface area contributed by atoms with Gasteiger partial charge in [0, 0.05) is 0 Å². The molecule has 0 saturated heterocycles. The van der Waals surface area contributed by atoms with E-state index in [1.54, 1.807) is 22.8 Å². The maximum absolute atomic E-state index is 13.1. The van der Waals surface area contributed by atoms with Crippen LogP contribution in [-0.4, -0.2) is 23.9 Å². The number of carbonyl (C=O) groups excluding carboxylic acids is 1. The molecule has 0 fully saturated rings. The smallest absolute Gasteiger partial charge is 0.257 e. The number of hydrogen-bond acceptors (Lipinski definition) is 4. The number of fused-ring (bicyclic) bond motifs is 1. The highest BCUT2D eigenvalue weighted by Crippen LogP contribution is 2.19. The predicted molar refractivity (Wildman–Crippen MR) is 89.6 cm³/mol. The van der Waals surface area contributed by atoms with Crippen molar-refractivity contribution in [3.63, 3.8) is 0 Å². The molecule has 1 amide bonds. The lowest BCUT2D eigenvalue weighted by Gasteiger charge is -2.09. The van der Waals surface area contributed by atoms with Crippen molar-refractivity contribution < 1.29 is 17.6 Å². The van der Waals surface area contributed by atoms with Crippen LogP contribution in [0.25, 0.3) is 11.0 Å². The fourth-order valence-electron chi connectivity index (χ4n) is 2.16. The van der Waals surface area contributed by atoms with Crippen molar-refractivity contribution in [2.75, 3.05) is 0 Å². The molecule has 2 N–H and O–H groups in total. The number of carbonyl (C=O) groups is 1. The van der Waals surface area contributed by atoms with Crippen molar-refractivity contribution in [2.45, 2.75) is 11.4 Å². The van der Waals surface area contributed by atoms with Gasteiger partial charge in [-0.3, -0.25) is 10.2 Å². The third-order valence-corrected chi connectivity index (χ3v) is 4.90. The van der Waals surface area contributed by atoms with Gasteiger partial charge in [-0.1, -0.05) is 23.7 Å². The molecule has 0 bridgehead atoms. The summed E-state index contributed by atoms with van der Waals surface area (Å²) in [6.45, 7) is -0.132. The lowest BCUT2D eigenvalue weighted by atomic mass is 10.3. The van der Waals surface area contributed by atoms with Crippen LogP contribution in [0, 0.1) is 5.82 Å². The molecule has 0 aliphatic rings. The van der Waals surface area contributed by atoms with E-state index in [0.717, 1.165) is 29.2 Å². The molecule has 3 rings (SSSR count). The van der Waals surface area contributed by atoms with E-state index in [9.17, 15) is 17.6 Å². The molecule has 3 aromatic rings. The number of sulfonamides is 1. The second-order valence-corrected chi connectivity index (χ2v) is 7.18. The van der Waals surface area contributed by atoms with Crippen LogP contribution in [-0.2, 0) is 21.4 Å². The number of hydrazine groups is 1. The number of halogens is 2. The SMILES string of the molecule is O=C(Cn1cnc2ccccc21)NNS(=O)(=O)c1ccc(F)c(Cl)c1. The Morgan fingerprint density at radius 3 is 2.76 bits per heavy atom. The normalized spacial score (nSPS) is 11.6. The Morgan fingerprint density at radius 1 is 1.24 bits per heavy atom. The average Bonchev–Trinajstić information content (AvgIpc) is 2.99. The second kappa shape index (κ2) is 6.79. The summed E-state index contributed by atoms with van der Waals surface area (Å²) in [5.74, 6) is -1.34. The van der Waals surface area contributed by atoms with Crippen molar-refractivity contribution in [3.05, 3.63) is 59.6 Å². The van der Waals surface area contributed by atoms with Gasteiger partial charge >= 0.3 is 0 Å². The van der Waals surface area contributed by atoms with Crippen molar-refractivity contribution in [2.24, 2.45) is 0 Å². The molecule has 0 aliphatic carbocycles. The van der Waals surface area contributed by atoms with Crippen molar-refractivity contribution in [1.29, 1.82) is 0 Å². The zero-order valence-electron chi connectivity index (χ0n) is 12.6. The lowest BCUT2D eigenvalue weighted by molar-refractivity contribution is -0.122. The molecule has 0 radical (unpaired) electrons.